The minimum Gasteiger partial charge on any atom is -0.445 e. The third-order valence-electron chi connectivity index (χ3n) is 5.63. The number of primary amides is 1. The summed E-state index contributed by atoms with van der Waals surface area (Å²) in [5, 5.41) is 7.33. The number of rotatable bonds is 9. The van der Waals surface area contributed by atoms with Crippen molar-refractivity contribution in [1.29, 1.82) is 0 Å². The minimum absolute atomic E-state index is 0.228. The summed E-state index contributed by atoms with van der Waals surface area (Å²) in [5.74, 6) is 5.59. The number of alkyl carbamates (subject to hydrolysis) is 2. The van der Waals surface area contributed by atoms with E-state index in [-0.39, 0.29) is 6.61 Å². The lowest BCUT2D eigenvalue weighted by Crippen LogP contribution is -2.46. The molecule has 0 aliphatic carbocycles. The zero-order chi connectivity index (χ0) is 28.3. The van der Waals surface area contributed by atoms with Crippen molar-refractivity contribution in [3.8, 4) is 11.8 Å². The van der Waals surface area contributed by atoms with Gasteiger partial charge in [-0.1, -0.05) is 66.4 Å². The highest BCUT2D eigenvalue weighted by molar-refractivity contribution is 5.85. The molecule has 0 spiro atoms. The number of hydrogen-bond donors (Lipinski definition) is 3. The Hall–Kier alpha value is -4.51. The zero-order valence-electron chi connectivity index (χ0n) is 22.6. The Bertz CT molecular complexity index is 1350. The number of carbonyl (C=O) groups is 3. The van der Waals surface area contributed by atoms with Crippen LogP contribution >= 0.6 is 0 Å². The first-order valence-electron chi connectivity index (χ1n) is 12.8. The SMILES string of the molecule is CC(C)(C)OC(=O)N[C@@H](CCc1ccc2cc(C#CCCNC(=O)OCc3ccccc3)ccc2c1)C(N)=O. The van der Waals surface area contributed by atoms with Gasteiger partial charge in [0.05, 0.1) is 0 Å². The molecular formula is C31H35N3O5. The molecule has 0 aliphatic rings. The van der Waals surface area contributed by atoms with E-state index in [0.29, 0.717) is 25.8 Å². The van der Waals surface area contributed by atoms with Gasteiger partial charge in [-0.2, -0.15) is 0 Å². The maximum absolute atomic E-state index is 12.0. The summed E-state index contributed by atoms with van der Waals surface area (Å²) >= 11 is 0. The molecule has 8 heteroatoms. The number of nitrogens with two attached hydrogens (primary N) is 1. The molecule has 204 valence electrons. The predicted octanol–water partition coefficient (Wildman–Crippen LogP) is 4.82. The lowest BCUT2D eigenvalue weighted by atomic mass is 10.00. The van der Waals surface area contributed by atoms with Crippen LogP contribution in [0, 0.1) is 11.8 Å². The highest BCUT2D eigenvalue weighted by atomic mass is 16.6. The average molecular weight is 530 g/mol. The predicted molar refractivity (Wildman–Crippen MR) is 151 cm³/mol. The molecule has 0 heterocycles. The van der Waals surface area contributed by atoms with Crippen LogP contribution in [0.4, 0.5) is 9.59 Å². The van der Waals surface area contributed by atoms with Gasteiger partial charge in [-0.25, -0.2) is 9.59 Å². The summed E-state index contributed by atoms with van der Waals surface area (Å²) in [6, 6.07) is 20.6. The van der Waals surface area contributed by atoms with Crippen molar-refractivity contribution in [3.63, 3.8) is 0 Å². The molecule has 4 N–H and O–H groups in total. The van der Waals surface area contributed by atoms with E-state index >= 15 is 0 Å². The summed E-state index contributed by atoms with van der Waals surface area (Å²) < 4.78 is 10.4. The van der Waals surface area contributed by atoms with E-state index in [4.69, 9.17) is 15.2 Å². The quantitative estimate of drug-likeness (QED) is 0.271. The van der Waals surface area contributed by atoms with Crippen molar-refractivity contribution < 1.29 is 23.9 Å². The highest BCUT2D eigenvalue weighted by Gasteiger charge is 2.22. The van der Waals surface area contributed by atoms with Gasteiger partial charge in [0.1, 0.15) is 18.2 Å². The first kappa shape index (κ1) is 29.1. The molecule has 3 amide bonds. The van der Waals surface area contributed by atoms with Crippen molar-refractivity contribution in [2.75, 3.05) is 6.54 Å². The molecule has 39 heavy (non-hydrogen) atoms. The van der Waals surface area contributed by atoms with Gasteiger partial charge in [0, 0.05) is 18.5 Å². The minimum atomic E-state index is -0.826. The van der Waals surface area contributed by atoms with Crippen molar-refractivity contribution in [2.24, 2.45) is 5.73 Å². The summed E-state index contributed by atoms with van der Waals surface area (Å²) in [4.78, 5) is 35.7. The Kier molecular flexibility index (Phi) is 10.3. The molecule has 0 bridgehead atoms. The third kappa shape index (κ3) is 10.4. The molecule has 0 fully saturated rings. The number of carbonyl (C=O) groups excluding carboxylic acids is 3. The van der Waals surface area contributed by atoms with Gasteiger partial charge in [-0.15, -0.1) is 0 Å². The van der Waals surface area contributed by atoms with Crippen LogP contribution in [0.15, 0.2) is 66.7 Å². The van der Waals surface area contributed by atoms with Gasteiger partial charge in [0.2, 0.25) is 5.91 Å². The Balaban J connectivity index is 1.47. The normalized spacial score (nSPS) is 11.6. The highest BCUT2D eigenvalue weighted by Crippen LogP contribution is 2.19. The fraction of sp³-hybridized carbons (Fsp3) is 0.323. The Labute approximate surface area is 229 Å². The van der Waals surface area contributed by atoms with Crippen molar-refractivity contribution >= 4 is 28.9 Å². The number of amides is 3. The van der Waals surface area contributed by atoms with Gasteiger partial charge in [-0.3, -0.25) is 4.79 Å². The molecule has 0 aromatic heterocycles. The Morgan fingerprint density at radius 3 is 2.36 bits per heavy atom. The summed E-state index contributed by atoms with van der Waals surface area (Å²) in [6.07, 6.45) is 0.275. The van der Waals surface area contributed by atoms with Crippen LogP contribution < -0.4 is 16.4 Å². The van der Waals surface area contributed by atoms with Crippen LogP contribution in [0.1, 0.15) is 50.3 Å². The molecule has 0 saturated carbocycles. The number of aryl methyl sites for hydroxylation is 1. The van der Waals surface area contributed by atoms with Crippen LogP contribution in [0.3, 0.4) is 0 Å². The van der Waals surface area contributed by atoms with E-state index in [0.717, 1.165) is 27.5 Å². The van der Waals surface area contributed by atoms with Gasteiger partial charge in [0.25, 0.3) is 0 Å². The second-order valence-corrected chi connectivity index (χ2v) is 10.1. The summed E-state index contributed by atoms with van der Waals surface area (Å²) in [5.41, 5.74) is 7.64. The molecule has 3 aromatic rings. The van der Waals surface area contributed by atoms with Crippen LogP contribution in [0.2, 0.25) is 0 Å². The van der Waals surface area contributed by atoms with Gasteiger partial charge in [0.15, 0.2) is 0 Å². The maximum atomic E-state index is 12.0. The smallest absolute Gasteiger partial charge is 0.408 e. The molecular weight excluding hydrogens is 494 g/mol. The van der Waals surface area contributed by atoms with Crippen molar-refractivity contribution in [2.45, 2.75) is 58.3 Å². The Morgan fingerprint density at radius 2 is 1.64 bits per heavy atom. The summed E-state index contributed by atoms with van der Waals surface area (Å²) in [6.45, 7) is 5.88. The van der Waals surface area contributed by atoms with Crippen LogP contribution in [0.5, 0.6) is 0 Å². The molecule has 3 rings (SSSR count). The molecule has 8 nitrogen and oxygen atoms in total. The lowest BCUT2D eigenvalue weighted by molar-refractivity contribution is -0.120. The molecule has 3 aromatic carbocycles. The largest absolute Gasteiger partial charge is 0.445 e. The number of nitrogens with one attached hydrogen (secondary N) is 2. The van der Waals surface area contributed by atoms with E-state index in [1.165, 1.54) is 0 Å². The standard InChI is InChI=1S/C31H35N3O5/c1-31(2,3)39-30(37)34-27(28(32)35)17-14-23-13-16-25-19-22(12-15-26(25)20-23)9-7-8-18-33-29(36)38-21-24-10-5-4-6-11-24/h4-6,10-13,15-16,19-20,27H,8,14,17-18,21H2,1-3H3,(H2,32,35)(H,33,36)(H,34,37)/t27-/m0/s1. The third-order valence-corrected chi connectivity index (χ3v) is 5.63. The molecule has 0 saturated heterocycles. The maximum Gasteiger partial charge on any atom is 0.408 e. The van der Waals surface area contributed by atoms with E-state index in [2.05, 4.69) is 22.5 Å². The topological polar surface area (TPSA) is 120 Å². The number of hydrogen-bond acceptors (Lipinski definition) is 5. The second kappa shape index (κ2) is 13.9. The molecule has 1 atom stereocenters. The van der Waals surface area contributed by atoms with E-state index in [1.807, 2.05) is 66.7 Å². The lowest BCUT2D eigenvalue weighted by Gasteiger charge is -2.22. The fourth-order valence-electron chi connectivity index (χ4n) is 3.74. The van der Waals surface area contributed by atoms with Gasteiger partial charge in [-0.05, 0) is 67.6 Å². The second-order valence-electron chi connectivity index (χ2n) is 10.1. The van der Waals surface area contributed by atoms with Crippen molar-refractivity contribution in [1.82, 2.24) is 10.6 Å². The molecule has 0 unspecified atom stereocenters. The van der Waals surface area contributed by atoms with Crippen LogP contribution in [-0.4, -0.2) is 36.3 Å². The monoisotopic (exact) mass is 529 g/mol. The van der Waals surface area contributed by atoms with Crippen LogP contribution in [-0.2, 0) is 27.3 Å². The van der Waals surface area contributed by atoms with Gasteiger partial charge < -0.3 is 25.8 Å². The average Bonchev–Trinajstić information content (AvgIpc) is 2.89. The Morgan fingerprint density at radius 1 is 0.923 bits per heavy atom. The first-order chi connectivity index (χ1) is 18.6. The fourth-order valence-corrected chi connectivity index (χ4v) is 3.74. The molecule has 0 aliphatic heterocycles. The number of benzene rings is 3. The first-order valence-corrected chi connectivity index (χ1v) is 12.8. The summed E-state index contributed by atoms with van der Waals surface area (Å²) in [7, 11) is 0. The van der Waals surface area contributed by atoms with Crippen LogP contribution in [0.25, 0.3) is 10.8 Å². The number of ether oxygens (including phenoxy) is 2. The van der Waals surface area contributed by atoms with Crippen molar-refractivity contribution in [3.05, 3.63) is 83.4 Å². The van der Waals surface area contributed by atoms with E-state index in [1.54, 1.807) is 20.8 Å². The zero-order valence-corrected chi connectivity index (χ0v) is 22.6. The van der Waals surface area contributed by atoms with Gasteiger partial charge >= 0.3 is 12.2 Å². The molecule has 0 radical (unpaired) electrons. The number of fused-ring (bicyclic) bond motifs is 1. The van der Waals surface area contributed by atoms with E-state index in [9.17, 15) is 14.4 Å². The van der Waals surface area contributed by atoms with E-state index < -0.39 is 29.7 Å².